The molecule has 0 radical (unpaired) electrons. The maximum atomic E-state index is 12.8. The van der Waals surface area contributed by atoms with Gasteiger partial charge in [-0.2, -0.15) is 4.98 Å². The topological polar surface area (TPSA) is 26.0 Å². The first-order valence-electron chi connectivity index (χ1n) is 3.08. The number of oxazole rings is 1. The summed E-state index contributed by atoms with van der Waals surface area (Å²) >= 11 is 5.34. The van der Waals surface area contributed by atoms with Crippen molar-refractivity contribution >= 4 is 22.7 Å². The van der Waals surface area contributed by atoms with Crippen molar-refractivity contribution in [3.05, 3.63) is 29.1 Å². The number of aromatic nitrogens is 1. The quantitative estimate of drug-likeness (QED) is 0.637. The van der Waals surface area contributed by atoms with Crippen LogP contribution in [-0.2, 0) is 0 Å². The zero-order chi connectivity index (χ0) is 8.72. The average Bonchev–Trinajstić information content (AvgIpc) is 2.29. The van der Waals surface area contributed by atoms with Gasteiger partial charge in [0.2, 0.25) is 0 Å². The summed E-state index contributed by atoms with van der Waals surface area (Å²) in [6.07, 6.45) is 0. The second kappa shape index (κ2) is 2.42. The van der Waals surface area contributed by atoms with Crippen LogP contribution in [0.5, 0.6) is 0 Å². The van der Waals surface area contributed by atoms with Crippen LogP contribution in [0.4, 0.5) is 8.78 Å². The molecule has 0 N–H and O–H groups in total. The minimum atomic E-state index is -0.801. The van der Waals surface area contributed by atoms with E-state index in [1.54, 1.807) is 0 Å². The molecule has 2 nitrogen and oxygen atoms in total. The zero-order valence-electron chi connectivity index (χ0n) is 5.64. The summed E-state index contributed by atoms with van der Waals surface area (Å²) in [4.78, 5) is 3.55. The molecule has 12 heavy (non-hydrogen) atoms. The number of fused-ring (bicyclic) bond motifs is 1. The molecular weight excluding hydrogens is 188 g/mol. The molecule has 0 fully saturated rings. The molecular formula is C7H2ClF2NO. The maximum absolute atomic E-state index is 12.8. The summed E-state index contributed by atoms with van der Waals surface area (Å²) in [5.41, 5.74) is -0.0427. The van der Waals surface area contributed by atoms with Crippen molar-refractivity contribution in [1.29, 1.82) is 0 Å². The third-order valence-electron chi connectivity index (χ3n) is 1.38. The van der Waals surface area contributed by atoms with Crippen molar-refractivity contribution in [3.8, 4) is 0 Å². The van der Waals surface area contributed by atoms with Crippen LogP contribution in [0.25, 0.3) is 11.1 Å². The predicted molar refractivity (Wildman–Crippen MR) is 38.9 cm³/mol. The molecule has 0 aliphatic heterocycles. The highest BCUT2D eigenvalue weighted by atomic mass is 35.5. The van der Waals surface area contributed by atoms with Crippen molar-refractivity contribution < 1.29 is 13.2 Å². The average molecular weight is 190 g/mol. The number of hydrogen-bond acceptors (Lipinski definition) is 2. The van der Waals surface area contributed by atoms with E-state index in [9.17, 15) is 8.78 Å². The standard InChI is InChI=1S/C7H2ClF2NO/c8-7-11-5-2-3(9)1-4(10)6(5)12-7/h1-2H. The van der Waals surface area contributed by atoms with Gasteiger partial charge in [-0.1, -0.05) is 0 Å². The van der Waals surface area contributed by atoms with Gasteiger partial charge in [-0.05, 0) is 11.6 Å². The summed E-state index contributed by atoms with van der Waals surface area (Å²) in [6, 6.07) is 1.76. The first-order chi connectivity index (χ1) is 5.66. The van der Waals surface area contributed by atoms with Gasteiger partial charge in [0.15, 0.2) is 11.4 Å². The first-order valence-corrected chi connectivity index (χ1v) is 3.46. The second-order valence-corrected chi connectivity index (χ2v) is 2.53. The van der Waals surface area contributed by atoms with Gasteiger partial charge in [0.05, 0.1) is 0 Å². The molecule has 0 atom stereocenters. The number of halogens is 3. The first kappa shape index (κ1) is 7.49. The molecule has 1 heterocycles. The van der Waals surface area contributed by atoms with E-state index in [4.69, 9.17) is 11.6 Å². The smallest absolute Gasteiger partial charge is 0.293 e. The van der Waals surface area contributed by atoms with Crippen LogP contribution in [0.1, 0.15) is 0 Å². The van der Waals surface area contributed by atoms with Crippen LogP contribution >= 0.6 is 11.6 Å². The molecule has 0 saturated carbocycles. The van der Waals surface area contributed by atoms with Crippen molar-refractivity contribution in [3.63, 3.8) is 0 Å². The molecule has 1 aromatic carbocycles. The molecule has 0 aliphatic rings. The lowest BCUT2D eigenvalue weighted by atomic mass is 10.3. The van der Waals surface area contributed by atoms with Crippen molar-refractivity contribution in [1.82, 2.24) is 4.98 Å². The minimum absolute atomic E-state index is 0.0810. The highest BCUT2D eigenvalue weighted by Crippen LogP contribution is 2.22. The Morgan fingerprint density at radius 2 is 2.08 bits per heavy atom. The Kier molecular flexibility index (Phi) is 1.51. The van der Waals surface area contributed by atoms with Gasteiger partial charge < -0.3 is 4.42 Å². The molecule has 5 heteroatoms. The van der Waals surface area contributed by atoms with Gasteiger partial charge in [0.25, 0.3) is 5.35 Å². The molecule has 2 aromatic rings. The summed E-state index contributed by atoms with van der Waals surface area (Å²) in [7, 11) is 0. The predicted octanol–water partition coefficient (Wildman–Crippen LogP) is 2.76. The van der Waals surface area contributed by atoms with E-state index in [2.05, 4.69) is 9.40 Å². The van der Waals surface area contributed by atoms with E-state index >= 15 is 0 Å². The minimum Gasteiger partial charge on any atom is -0.424 e. The summed E-state index contributed by atoms with van der Waals surface area (Å²) in [5.74, 6) is -1.51. The Hall–Kier alpha value is -1.16. The molecule has 0 saturated heterocycles. The Balaban J connectivity index is 2.88. The fourth-order valence-corrected chi connectivity index (χ4v) is 1.10. The highest BCUT2D eigenvalue weighted by Gasteiger charge is 2.10. The van der Waals surface area contributed by atoms with Crippen LogP contribution < -0.4 is 0 Å². The van der Waals surface area contributed by atoms with Crippen LogP contribution in [-0.4, -0.2) is 4.98 Å². The third kappa shape index (κ3) is 1.04. The summed E-state index contributed by atoms with van der Waals surface area (Å²) in [5, 5.41) is -0.200. The molecule has 0 unspecified atom stereocenters. The molecule has 2 rings (SSSR count). The number of hydrogen-bond donors (Lipinski definition) is 0. The fraction of sp³-hybridized carbons (Fsp3) is 0. The number of benzene rings is 1. The SMILES string of the molecule is Fc1cc(F)c2oc(Cl)nc2c1. The van der Waals surface area contributed by atoms with Gasteiger partial charge in [-0.15, -0.1) is 0 Å². The van der Waals surface area contributed by atoms with Crippen molar-refractivity contribution in [2.45, 2.75) is 0 Å². The van der Waals surface area contributed by atoms with Crippen LogP contribution in [0, 0.1) is 11.6 Å². The molecule has 0 spiro atoms. The van der Waals surface area contributed by atoms with E-state index in [-0.39, 0.29) is 16.4 Å². The van der Waals surface area contributed by atoms with Crippen molar-refractivity contribution in [2.75, 3.05) is 0 Å². The maximum Gasteiger partial charge on any atom is 0.293 e. The molecule has 0 amide bonds. The Morgan fingerprint density at radius 3 is 2.83 bits per heavy atom. The lowest BCUT2D eigenvalue weighted by Crippen LogP contribution is -1.79. The lowest BCUT2D eigenvalue weighted by molar-refractivity contribution is 0.544. The Bertz CT molecular complexity index is 440. The largest absolute Gasteiger partial charge is 0.424 e. The van der Waals surface area contributed by atoms with E-state index in [0.29, 0.717) is 6.07 Å². The monoisotopic (exact) mass is 189 g/mol. The summed E-state index contributed by atoms with van der Waals surface area (Å²) in [6.45, 7) is 0. The molecule has 0 aliphatic carbocycles. The lowest BCUT2D eigenvalue weighted by Gasteiger charge is -1.88. The van der Waals surface area contributed by atoms with Gasteiger partial charge in [-0.25, -0.2) is 8.78 Å². The van der Waals surface area contributed by atoms with Gasteiger partial charge in [0.1, 0.15) is 11.3 Å². The van der Waals surface area contributed by atoms with Gasteiger partial charge in [0, 0.05) is 12.1 Å². The number of rotatable bonds is 0. The molecule has 1 aromatic heterocycles. The van der Waals surface area contributed by atoms with E-state index in [0.717, 1.165) is 6.07 Å². The molecule has 62 valence electrons. The highest BCUT2D eigenvalue weighted by molar-refractivity contribution is 6.28. The normalized spacial score (nSPS) is 10.9. The fourth-order valence-electron chi connectivity index (χ4n) is 0.933. The van der Waals surface area contributed by atoms with Crippen LogP contribution in [0.15, 0.2) is 16.5 Å². The van der Waals surface area contributed by atoms with E-state index in [1.165, 1.54) is 0 Å². The number of nitrogens with zero attached hydrogens (tertiary/aromatic N) is 1. The van der Waals surface area contributed by atoms with Crippen LogP contribution in [0.3, 0.4) is 0 Å². The zero-order valence-corrected chi connectivity index (χ0v) is 6.40. The van der Waals surface area contributed by atoms with Gasteiger partial charge in [-0.3, -0.25) is 0 Å². The second-order valence-electron chi connectivity index (χ2n) is 2.20. The molecule has 0 bridgehead atoms. The van der Waals surface area contributed by atoms with E-state index in [1.807, 2.05) is 0 Å². The van der Waals surface area contributed by atoms with Crippen LogP contribution in [0.2, 0.25) is 5.35 Å². The van der Waals surface area contributed by atoms with Gasteiger partial charge >= 0.3 is 0 Å². The Labute approximate surface area is 70.8 Å². The van der Waals surface area contributed by atoms with Crippen molar-refractivity contribution in [2.24, 2.45) is 0 Å². The van der Waals surface area contributed by atoms with E-state index < -0.39 is 11.6 Å². The third-order valence-corrected chi connectivity index (χ3v) is 1.55. The Morgan fingerprint density at radius 1 is 1.33 bits per heavy atom. The summed E-state index contributed by atoms with van der Waals surface area (Å²) < 4.78 is 30.0.